The number of hydrogen-bond donors (Lipinski definition) is 3. The third-order valence-electron chi connectivity index (χ3n) is 3.78. The van der Waals surface area contributed by atoms with Crippen LogP contribution in [0.3, 0.4) is 0 Å². The molecule has 3 N–H and O–H groups in total. The Morgan fingerprint density at radius 3 is 2.34 bits per heavy atom. The van der Waals surface area contributed by atoms with Gasteiger partial charge >= 0.3 is 0 Å². The number of ether oxygens (including phenoxy) is 2. The van der Waals surface area contributed by atoms with Gasteiger partial charge in [-0.05, 0) is 55.8 Å². The Bertz CT molecular complexity index is 960. The zero-order valence-corrected chi connectivity index (χ0v) is 17.1. The molecule has 0 fully saturated rings. The molecule has 2 amide bonds. The van der Waals surface area contributed by atoms with Crippen molar-refractivity contribution in [2.45, 2.75) is 24.8 Å². The van der Waals surface area contributed by atoms with Gasteiger partial charge in [0.15, 0.2) is 6.61 Å². The largest absolute Gasteiger partial charge is 0.497 e. The molecule has 0 saturated heterocycles. The minimum Gasteiger partial charge on any atom is -0.497 e. The molecule has 0 spiro atoms. The molecule has 1 atom stereocenters. The highest BCUT2D eigenvalue weighted by atomic mass is 32.2. The third-order valence-corrected chi connectivity index (χ3v) is 5.34. The summed E-state index contributed by atoms with van der Waals surface area (Å²) in [6.45, 7) is 2.93. The first-order valence-electron chi connectivity index (χ1n) is 8.66. The second kappa shape index (κ2) is 9.89. The van der Waals surface area contributed by atoms with Gasteiger partial charge in [-0.25, -0.2) is 8.42 Å². The predicted octanol–water partition coefficient (Wildman–Crippen LogP) is 0.897. The van der Waals surface area contributed by atoms with Gasteiger partial charge in [-0.3, -0.25) is 20.4 Å². The van der Waals surface area contributed by atoms with Crippen LogP contribution in [-0.4, -0.2) is 40.0 Å². The number of rotatable bonds is 8. The molecule has 0 bridgehead atoms. The maximum absolute atomic E-state index is 12.3. The van der Waals surface area contributed by atoms with Gasteiger partial charge in [0.25, 0.3) is 11.8 Å². The maximum Gasteiger partial charge on any atom is 0.276 e. The van der Waals surface area contributed by atoms with Crippen LogP contribution < -0.4 is 25.0 Å². The summed E-state index contributed by atoms with van der Waals surface area (Å²) in [6.07, 6.45) is 0. The minimum absolute atomic E-state index is 0.0199. The quantitative estimate of drug-likeness (QED) is 0.544. The van der Waals surface area contributed by atoms with Crippen LogP contribution in [0.25, 0.3) is 0 Å². The Kier molecular flexibility index (Phi) is 7.57. The molecule has 0 aliphatic rings. The van der Waals surface area contributed by atoms with Gasteiger partial charge in [0, 0.05) is 0 Å². The number of hydrogen-bond acceptors (Lipinski definition) is 6. The lowest BCUT2D eigenvalue weighted by atomic mass is 10.2. The number of benzene rings is 2. The fraction of sp³-hybridized carbons (Fsp3) is 0.263. The van der Waals surface area contributed by atoms with Gasteiger partial charge in [-0.1, -0.05) is 12.1 Å². The molecular weight excluding hydrogens is 398 g/mol. The van der Waals surface area contributed by atoms with E-state index in [1.165, 1.54) is 38.3 Å². The molecule has 0 saturated carbocycles. The van der Waals surface area contributed by atoms with E-state index in [4.69, 9.17) is 9.47 Å². The molecule has 10 heteroatoms. The van der Waals surface area contributed by atoms with Crippen LogP contribution in [0.1, 0.15) is 12.5 Å². The van der Waals surface area contributed by atoms with E-state index in [0.717, 1.165) is 5.56 Å². The molecule has 156 valence electrons. The van der Waals surface area contributed by atoms with Gasteiger partial charge in [0.2, 0.25) is 10.0 Å². The van der Waals surface area contributed by atoms with Crippen LogP contribution in [0.15, 0.2) is 53.4 Å². The van der Waals surface area contributed by atoms with Crippen molar-refractivity contribution in [2.24, 2.45) is 0 Å². The normalized spacial score (nSPS) is 12.0. The highest BCUT2D eigenvalue weighted by molar-refractivity contribution is 7.89. The minimum atomic E-state index is -3.92. The molecule has 0 aliphatic heterocycles. The maximum atomic E-state index is 12.3. The molecule has 9 nitrogen and oxygen atoms in total. The summed E-state index contributed by atoms with van der Waals surface area (Å²) < 4.78 is 37.2. The lowest BCUT2D eigenvalue weighted by Gasteiger charge is -2.15. The van der Waals surface area contributed by atoms with Crippen LogP contribution in [0.4, 0.5) is 0 Å². The average molecular weight is 421 g/mol. The first-order valence-corrected chi connectivity index (χ1v) is 10.1. The number of hydrazine groups is 1. The van der Waals surface area contributed by atoms with Crippen molar-refractivity contribution < 1.29 is 27.5 Å². The Hall–Kier alpha value is -3.11. The second-order valence-electron chi connectivity index (χ2n) is 6.16. The van der Waals surface area contributed by atoms with Gasteiger partial charge in [0.05, 0.1) is 18.0 Å². The summed E-state index contributed by atoms with van der Waals surface area (Å²) in [5, 5.41) is 0. The summed E-state index contributed by atoms with van der Waals surface area (Å²) in [6, 6.07) is 11.7. The van der Waals surface area contributed by atoms with Crippen molar-refractivity contribution in [1.29, 1.82) is 0 Å². The van der Waals surface area contributed by atoms with E-state index >= 15 is 0 Å². The summed E-state index contributed by atoms with van der Waals surface area (Å²) >= 11 is 0. The highest BCUT2D eigenvalue weighted by Crippen LogP contribution is 2.15. The molecular formula is C19H23N3O6S. The number of aryl methyl sites for hydroxylation is 1. The van der Waals surface area contributed by atoms with E-state index in [-0.39, 0.29) is 11.5 Å². The summed E-state index contributed by atoms with van der Waals surface area (Å²) in [5.41, 5.74) is 5.31. The zero-order chi connectivity index (χ0) is 21.4. The standard InChI is InChI=1S/C19H23N3O6S/c1-13-5-4-6-16(11-13)28-12-18(23)20-21-19(24)14(2)22-29(25,26)17-9-7-15(27-3)8-10-17/h4-11,14,22H,12H2,1-3H3,(H,20,23)(H,21,24)/t14-/m0/s1. The summed E-state index contributed by atoms with van der Waals surface area (Å²) in [7, 11) is -2.46. The molecule has 2 aromatic carbocycles. The van der Waals surface area contributed by atoms with E-state index in [0.29, 0.717) is 11.5 Å². The van der Waals surface area contributed by atoms with E-state index < -0.39 is 27.9 Å². The molecule has 0 heterocycles. The van der Waals surface area contributed by atoms with Gasteiger partial charge < -0.3 is 9.47 Å². The van der Waals surface area contributed by atoms with Crippen LogP contribution in [-0.2, 0) is 19.6 Å². The molecule has 0 radical (unpaired) electrons. The lowest BCUT2D eigenvalue weighted by Crippen LogP contribution is -2.51. The fourth-order valence-corrected chi connectivity index (χ4v) is 3.44. The second-order valence-corrected chi connectivity index (χ2v) is 7.88. The Morgan fingerprint density at radius 1 is 1.03 bits per heavy atom. The number of carbonyl (C=O) groups is 2. The van der Waals surface area contributed by atoms with E-state index in [1.807, 2.05) is 13.0 Å². The zero-order valence-electron chi connectivity index (χ0n) is 16.3. The fourth-order valence-electron chi connectivity index (χ4n) is 2.24. The first-order chi connectivity index (χ1) is 13.7. The van der Waals surface area contributed by atoms with Crippen molar-refractivity contribution in [2.75, 3.05) is 13.7 Å². The Labute approximate surface area is 169 Å². The van der Waals surface area contributed by atoms with Crippen molar-refractivity contribution in [3.05, 3.63) is 54.1 Å². The number of sulfonamides is 1. The van der Waals surface area contributed by atoms with Crippen molar-refractivity contribution in [3.8, 4) is 11.5 Å². The van der Waals surface area contributed by atoms with Crippen LogP contribution >= 0.6 is 0 Å². The molecule has 29 heavy (non-hydrogen) atoms. The molecule has 2 rings (SSSR count). The molecule has 0 unspecified atom stereocenters. The molecule has 0 aliphatic carbocycles. The number of methoxy groups -OCH3 is 1. The summed E-state index contributed by atoms with van der Waals surface area (Å²) in [4.78, 5) is 23.8. The summed E-state index contributed by atoms with van der Waals surface area (Å²) in [5.74, 6) is -0.298. The van der Waals surface area contributed by atoms with Gasteiger partial charge in [0.1, 0.15) is 11.5 Å². The van der Waals surface area contributed by atoms with E-state index in [1.54, 1.807) is 18.2 Å². The van der Waals surface area contributed by atoms with E-state index in [9.17, 15) is 18.0 Å². The Morgan fingerprint density at radius 2 is 1.72 bits per heavy atom. The van der Waals surface area contributed by atoms with Crippen LogP contribution in [0, 0.1) is 6.92 Å². The van der Waals surface area contributed by atoms with Gasteiger partial charge in [-0.15, -0.1) is 0 Å². The Balaban J connectivity index is 1.82. The number of nitrogens with one attached hydrogen (secondary N) is 3. The number of amides is 2. The van der Waals surface area contributed by atoms with E-state index in [2.05, 4.69) is 15.6 Å². The smallest absolute Gasteiger partial charge is 0.276 e. The van der Waals surface area contributed by atoms with Crippen LogP contribution in [0.2, 0.25) is 0 Å². The highest BCUT2D eigenvalue weighted by Gasteiger charge is 2.22. The predicted molar refractivity (Wildman–Crippen MR) is 106 cm³/mol. The van der Waals surface area contributed by atoms with Crippen LogP contribution in [0.5, 0.6) is 11.5 Å². The first kappa shape index (κ1) is 22.2. The van der Waals surface area contributed by atoms with Crippen molar-refractivity contribution in [3.63, 3.8) is 0 Å². The van der Waals surface area contributed by atoms with Gasteiger partial charge in [-0.2, -0.15) is 4.72 Å². The monoisotopic (exact) mass is 421 g/mol. The number of carbonyl (C=O) groups excluding carboxylic acids is 2. The molecule has 2 aromatic rings. The lowest BCUT2D eigenvalue weighted by molar-refractivity contribution is -0.130. The average Bonchev–Trinajstić information content (AvgIpc) is 2.70. The molecule has 0 aromatic heterocycles. The van der Waals surface area contributed by atoms with Crippen molar-refractivity contribution >= 4 is 21.8 Å². The third kappa shape index (κ3) is 6.77. The van der Waals surface area contributed by atoms with Crippen molar-refractivity contribution in [1.82, 2.24) is 15.6 Å². The SMILES string of the molecule is COc1ccc(S(=O)(=O)N[C@@H](C)C(=O)NNC(=O)COc2cccc(C)c2)cc1. The topological polar surface area (TPSA) is 123 Å².